The number of rotatable bonds is 8. The molecule has 0 spiro atoms. The molecule has 0 aliphatic rings. The maximum absolute atomic E-state index is 12.7. The monoisotopic (exact) mass is 455 g/mol. The van der Waals surface area contributed by atoms with Crippen LogP contribution >= 0.6 is 0 Å². The fourth-order valence-electron chi connectivity index (χ4n) is 4.04. The van der Waals surface area contributed by atoms with Gasteiger partial charge in [-0.25, -0.2) is 0 Å². The van der Waals surface area contributed by atoms with Crippen molar-refractivity contribution in [3.8, 4) is 22.6 Å². The first-order valence-electron chi connectivity index (χ1n) is 11.3. The third-order valence-electron chi connectivity index (χ3n) is 5.82. The molecule has 34 heavy (non-hydrogen) atoms. The first kappa shape index (κ1) is 23.2. The van der Waals surface area contributed by atoms with Gasteiger partial charge in [-0.3, -0.25) is 4.79 Å². The predicted molar refractivity (Wildman–Crippen MR) is 136 cm³/mol. The predicted octanol–water partition coefficient (Wildman–Crippen LogP) is 6.54. The van der Waals surface area contributed by atoms with E-state index in [4.69, 9.17) is 13.9 Å². The minimum atomic E-state index is -0.163. The molecule has 1 heterocycles. The molecular formula is C29H29NO4. The van der Waals surface area contributed by atoms with Crippen LogP contribution in [0.15, 0.2) is 77.4 Å². The first-order valence-corrected chi connectivity index (χ1v) is 11.3. The molecule has 0 unspecified atom stereocenters. The lowest BCUT2D eigenvalue weighted by molar-refractivity contribution is -0.116. The van der Waals surface area contributed by atoms with Crippen molar-refractivity contribution in [2.24, 2.45) is 0 Å². The van der Waals surface area contributed by atoms with Crippen molar-refractivity contribution in [1.82, 2.24) is 5.32 Å². The van der Waals surface area contributed by atoms with Gasteiger partial charge in [0.25, 0.3) is 0 Å². The highest BCUT2D eigenvalue weighted by Crippen LogP contribution is 2.40. The van der Waals surface area contributed by atoms with Gasteiger partial charge in [0.15, 0.2) is 0 Å². The van der Waals surface area contributed by atoms with Crippen LogP contribution in [0.25, 0.3) is 27.7 Å². The quantitative estimate of drug-likeness (QED) is 0.307. The molecule has 1 N–H and O–H groups in total. The summed E-state index contributed by atoms with van der Waals surface area (Å²) in [5, 5.41) is 3.95. The van der Waals surface area contributed by atoms with E-state index in [0.717, 1.165) is 55.9 Å². The van der Waals surface area contributed by atoms with Gasteiger partial charge in [0.2, 0.25) is 5.91 Å². The average Bonchev–Trinajstić information content (AvgIpc) is 3.29. The van der Waals surface area contributed by atoms with Gasteiger partial charge in [0.05, 0.1) is 20.0 Å². The molecule has 5 heteroatoms. The lowest BCUT2D eigenvalue weighted by atomic mass is 9.96. The van der Waals surface area contributed by atoms with E-state index in [-0.39, 0.29) is 5.91 Å². The molecule has 4 aromatic rings. The number of hydrogen-bond donors (Lipinski definition) is 1. The Kier molecular flexibility index (Phi) is 7.02. The molecule has 5 nitrogen and oxygen atoms in total. The van der Waals surface area contributed by atoms with Crippen molar-refractivity contribution in [3.05, 3.63) is 89.7 Å². The molecule has 0 fully saturated rings. The normalized spacial score (nSPS) is 11.5. The molecular weight excluding hydrogens is 426 g/mol. The van der Waals surface area contributed by atoms with E-state index in [1.54, 1.807) is 19.4 Å². The Hall–Kier alpha value is -3.99. The van der Waals surface area contributed by atoms with Gasteiger partial charge in [0.1, 0.15) is 17.1 Å². The van der Waals surface area contributed by atoms with Crippen molar-refractivity contribution in [2.75, 3.05) is 13.7 Å². The average molecular weight is 456 g/mol. The summed E-state index contributed by atoms with van der Waals surface area (Å²) in [6.07, 6.45) is 3.40. The van der Waals surface area contributed by atoms with Crippen LogP contribution in [-0.2, 0) is 11.3 Å². The lowest BCUT2D eigenvalue weighted by Crippen LogP contribution is -2.20. The highest BCUT2D eigenvalue weighted by molar-refractivity contribution is 6.01. The van der Waals surface area contributed by atoms with E-state index in [2.05, 4.69) is 23.5 Å². The number of carbonyl (C=O) groups is 1. The summed E-state index contributed by atoms with van der Waals surface area (Å²) in [5.41, 5.74) is 6.50. The fourth-order valence-corrected chi connectivity index (χ4v) is 4.04. The van der Waals surface area contributed by atoms with Crippen LogP contribution in [-0.4, -0.2) is 19.6 Å². The lowest BCUT2D eigenvalue weighted by Gasteiger charge is -2.15. The molecule has 0 atom stereocenters. The van der Waals surface area contributed by atoms with Crippen molar-refractivity contribution >= 4 is 22.4 Å². The molecule has 0 aliphatic heterocycles. The summed E-state index contributed by atoms with van der Waals surface area (Å²) in [4.78, 5) is 12.7. The Balaban J connectivity index is 1.65. The number of fused-ring (bicyclic) bond motifs is 1. The van der Waals surface area contributed by atoms with Gasteiger partial charge in [-0.2, -0.15) is 0 Å². The zero-order valence-corrected chi connectivity index (χ0v) is 20.0. The van der Waals surface area contributed by atoms with Crippen LogP contribution in [0, 0.1) is 6.92 Å². The number of benzene rings is 3. The van der Waals surface area contributed by atoms with Gasteiger partial charge >= 0.3 is 0 Å². The second-order valence-corrected chi connectivity index (χ2v) is 8.10. The smallest absolute Gasteiger partial charge is 0.244 e. The molecule has 0 saturated heterocycles. The first-order chi connectivity index (χ1) is 16.5. The largest absolute Gasteiger partial charge is 0.497 e. The standard InChI is InChI=1S/C29H29NO4/c1-5-33-28-20(3)29-25(26(18-34-29)22-9-7-6-8-10-22)16-24(28)19(2)15-27(31)30-17-21-11-13-23(32-4)14-12-21/h6-16,18H,5,17H2,1-4H3,(H,30,31)/b19-15+. The van der Waals surface area contributed by atoms with Crippen LogP contribution in [0.1, 0.15) is 30.5 Å². The summed E-state index contributed by atoms with van der Waals surface area (Å²) >= 11 is 0. The molecule has 4 rings (SSSR count). The van der Waals surface area contributed by atoms with Crippen molar-refractivity contribution in [1.29, 1.82) is 0 Å². The van der Waals surface area contributed by atoms with Crippen molar-refractivity contribution < 1.29 is 18.7 Å². The molecule has 0 aliphatic carbocycles. The number of hydrogen-bond acceptors (Lipinski definition) is 4. The van der Waals surface area contributed by atoms with E-state index < -0.39 is 0 Å². The Morgan fingerprint density at radius 3 is 2.50 bits per heavy atom. The summed E-state index contributed by atoms with van der Waals surface area (Å²) in [6, 6.07) is 19.8. The Morgan fingerprint density at radius 1 is 1.09 bits per heavy atom. The maximum Gasteiger partial charge on any atom is 0.244 e. The van der Waals surface area contributed by atoms with Gasteiger partial charge in [-0.1, -0.05) is 42.5 Å². The number of amides is 1. The zero-order chi connectivity index (χ0) is 24.1. The minimum Gasteiger partial charge on any atom is -0.497 e. The van der Waals surface area contributed by atoms with Gasteiger partial charge in [-0.05, 0) is 55.7 Å². The fraction of sp³-hybridized carbons (Fsp3) is 0.207. The topological polar surface area (TPSA) is 60.7 Å². The third-order valence-corrected chi connectivity index (χ3v) is 5.82. The summed E-state index contributed by atoms with van der Waals surface area (Å²) in [5.74, 6) is 1.36. The van der Waals surface area contributed by atoms with E-state index >= 15 is 0 Å². The Bertz CT molecular complexity index is 1320. The maximum atomic E-state index is 12.7. The van der Waals surface area contributed by atoms with Gasteiger partial charge in [-0.15, -0.1) is 0 Å². The van der Waals surface area contributed by atoms with Crippen LogP contribution in [0.5, 0.6) is 11.5 Å². The van der Waals surface area contributed by atoms with Crippen LogP contribution < -0.4 is 14.8 Å². The van der Waals surface area contributed by atoms with E-state index in [0.29, 0.717) is 13.2 Å². The second kappa shape index (κ2) is 10.3. The number of furan rings is 1. The number of methoxy groups -OCH3 is 1. The van der Waals surface area contributed by atoms with E-state index in [1.807, 2.05) is 63.2 Å². The SMILES string of the molecule is CCOc1c(/C(C)=C/C(=O)NCc2ccc(OC)cc2)cc2c(-c3ccccc3)coc2c1C. The van der Waals surface area contributed by atoms with E-state index in [9.17, 15) is 4.79 Å². The summed E-state index contributed by atoms with van der Waals surface area (Å²) in [7, 11) is 1.63. The number of carbonyl (C=O) groups excluding carboxylic acids is 1. The minimum absolute atomic E-state index is 0.163. The summed E-state index contributed by atoms with van der Waals surface area (Å²) in [6.45, 7) is 6.82. The highest BCUT2D eigenvalue weighted by atomic mass is 16.5. The summed E-state index contributed by atoms with van der Waals surface area (Å²) < 4.78 is 17.1. The van der Waals surface area contributed by atoms with Crippen molar-refractivity contribution in [2.45, 2.75) is 27.3 Å². The molecule has 0 saturated carbocycles. The van der Waals surface area contributed by atoms with Crippen LogP contribution in [0.3, 0.4) is 0 Å². The molecule has 0 radical (unpaired) electrons. The Labute approximate surface area is 200 Å². The number of aryl methyl sites for hydroxylation is 1. The number of allylic oxidation sites excluding steroid dienone is 1. The molecule has 0 bridgehead atoms. The van der Waals surface area contributed by atoms with Gasteiger partial charge in [0, 0.05) is 34.7 Å². The molecule has 174 valence electrons. The number of ether oxygens (including phenoxy) is 2. The Morgan fingerprint density at radius 2 is 1.82 bits per heavy atom. The third kappa shape index (κ3) is 4.84. The zero-order valence-electron chi connectivity index (χ0n) is 20.0. The van der Waals surface area contributed by atoms with Crippen LogP contribution in [0.4, 0.5) is 0 Å². The van der Waals surface area contributed by atoms with Gasteiger partial charge < -0.3 is 19.2 Å². The molecule has 1 aromatic heterocycles. The van der Waals surface area contributed by atoms with Crippen LogP contribution in [0.2, 0.25) is 0 Å². The number of nitrogens with one attached hydrogen (secondary N) is 1. The van der Waals surface area contributed by atoms with Crippen molar-refractivity contribution in [3.63, 3.8) is 0 Å². The highest BCUT2D eigenvalue weighted by Gasteiger charge is 2.19. The molecule has 3 aromatic carbocycles. The second-order valence-electron chi connectivity index (χ2n) is 8.10. The van der Waals surface area contributed by atoms with E-state index in [1.165, 1.54) is 0 Å². The molecule has 1 amide bonds.